The Morgan fingerprint density at radius 2 is 2.21 bits per heavy atom. The lowest BCUT2D eigenvalue weighted by atomic mass is 9.76. The van der Waals surface area contributed by atoms with E-state index in [1.165, 1.54) is 11.6 Å². The van der Waals surface area contributed by atoms with Crippen LogP contribution in [0.4, 0.5) is 10.1 Å². The van der Waals surface area contributed by atoms with Crippen LogP contribution in [-0.2, 0) is 11.4 Å². The topological polar surface area (TPSA) is 42.4 Å². The summed E-state index contributed by atoms with van der Waals surface area (Å²) in [6.45, 7) is 0.235. The van der Waals surface area contributed by atoms with Gasteiger partial charge in [-0.15, -0.1) is 0 Å². The van der Waals surface area contributed by atoms with E-state index in [2.05, 4.69) is 4.98 Å². The molecule has 2 aromatic rings. The summed E-state index contributed by atoms with van der Waals surface area (Å²) in [6.07, 6.45) is 6.67. The number of halogens is 1. The molecule has 0 aliphatic heterocycles. The van der Waals surface area contributed by atoms with Gasteiger partial charge in [0.1, 0.15) is 18.4 Å². The fourth-order valence-corrected chi connectivity index (χ4v) is 3.11. The SMILES string of the molecule is O=CC1(N(C=S)c2ccc(OCc3cccnc3)c(F)c2)CCC1. The summed E-state index contributed by atoms with van der Waals surface area (Å²) in [7, 11) is 0. The van der Waals surface area contributed by atoms with Crippen LogP contribution in [0.1, 0.15) is 24.8 Å². The molecule has 124 valence electrons. The van der Waals surface area contributed by atoms with Gasteiger partial charge in [0.2, 0.25) is 0 Å². The zero-order valence-electron chi connectivity index (χ0n) is 13.0. The van der Waals surface area contributed by atoms with Crippen LogP contribution >= 0.6 is 12.2 Å². The Morgan fingerprint density at radius 3 is 2.75 bits per heavy atom. The van der Waals surface area contributed by atoms with Crippen LogP contribution in [0.15, 0.2) is 42.7 Å². The molecule has 1 fully saturated rings. The highest BCUT2D eigenvalue weighted by Gasteiger charge is 2.42. The second-order valence-electron chi connectivity index (χ2n) is 5.82. The monoisotopic (exact) mass is 344 g/mol. The van der Waals surface area contributed by atoms with Crippen molar-refractivity contribution in [3.63, 3.8) is 0 Å². The third kappa shape index (κ3) is 3.14. The van der Waals surface area contributed by atoms with Crippen molar-refractivity contribution in [3.8, 4) is 5.75 Å². The third-order valence-electron chi connectivity index (χ3n) is 4.33. The highest BCUT2D eigenvalue weighted by Crippen LogP contribution is 2.39. The van der Waals surface area contributed by atoms with Gasteiger partial charge in [0.15, 0.2) is 11.6 Å². The van der Waals surface area contributed by atoms with E-state index in [4.69, 9.17) is 17.0 Å². The van der Waals surface area contributed by atoms with Crippen molar-refractivity contribution in [1.82, 2.24) is 4.98 Å². The first kappa shape index (κ1) is 16.5. The average Bonchev–Trinajstić information content (AvgIpc) is 2.58. The van der Waals surface area contributed by atoms with E-state index in [-0.39, 0.29) is 12.4 Å². The maximum absolute atomic E-state index is 14.4. The van der Waals surface area contributed by atoms with Gasteiger partial charge in [-0.05, 0) is 37.5 Å². The first-order valence-electron chi connectivity index (χ1n) is 7.71. The number of aldehydes is 1. The van der Waals surface area contributed by atoms with Crippen molar-refractivity contribution in [2.45, 2.75) is 31.4 Å². The smallest absolute Gasteiger partial charge is 0.167 e. The van der Waals surface area contributed by atoms with Gasteiger partial charge in [-0.2, -0.15) is 0 Å². The van der Waals surface area contributed by atoms with Crippen LogP contribution < -0.4 is 9.64 Å². The molecule has 1 aliphatic carbocycles. The number of carbonyl (C=O) groups excluding carboxylic acids is 1. The van der Waals surface area contributed by atoms with Crippen LogP contribution in [0.2, 0.25) is 0 Å². The molecule has 0 saturated heterocycles. The Bertz CT molecular complexity index is 735. The second kappa shape index (κ2) is 7.05. The maximum atomic E-state index is 14.4. The molecular weight excluding hydrogens is 327 g/mol. The van der Waals surface area contributed by atoms with Crippen molar-refractivity contribution >= 4 is 29.7 Å². The number of carbonyl (C=O) groups is 1. The zero-order valence-corrected chi connectivity index (χ0v) is 13.8. The number of nitrogens with zero attached hydrogens (tertiary/aromatic N) is 2. The third-order valence-corrected chi connectivity index (χ3v) is 4.55. The molecule has 0 unspecified atom stereocenters. The fourth-order valence-electron chi connectivity index (χ4n) is 2.78. The van der Waals surface area contributed by atoms with Gasteiger partial charge in [0.25, 0.3) is 0 Å². The van der Waals surface area contributed by atoms with E-state index in [0.717, 1.165) is 31.1 Å². The Kier molecular flexibility index (Phi) is 4.85. The number of ether oxygens (including phenoxy) is 1. The van der Waals surface area contributed by atoms with E-state index >= 15 is 0 Å². The number of hydrogen-bond acceptors (Lipinski definition) is 4. The Balaban J connectivity index is 1.76. The van der Waals surface area contributed by atoms with Gasteiger partial charge < -0.3 is 14.4 Å². The fraction of sp³-hybridized carbons (Fsp3) is 0.278. The van der Waals surface area contributed by atoms with Gasteiger partial charge in [0.05, 0.1) is 5.49 Å². The molecule has 24 heavy (non-hydrogen) atoms. The molecule has 1 aromatic carbocycles. The summed E-state index contributed by atoms with van der Waals surface area (Å²) in [4.78, 5) is 17.1. The molecule has 3 rings (SSSR count). The van der Waals surface area contributed by atoms with Crippen LogP contribution in [0.3, 0.4) is 0 Å². The minimum atomic E-state index is -0.633. The molecule has 0 atom stereocenters. The highest BCUT2D eigenvalue weighted by atomic mass is 32.1. The molecule has 0 radical (unpaired) electrons. The van der Waals surface area contributed by atoms with E-state index < -0.39 is 11.4 Å². The maximum Gasteiger partial charge on any atom is 0.167 e. The molecule has 1 saturated carbocycles. The summed E-state index contributed by atoms with van der Waals surface area (Å²) in [5, 5.41) is 0. The Labute approximate surface area is 145 Å². The molecule has 0 spiro atoms. The van der Waals surface area contributed by atoms with Crippen molar-refractivity contribution in [3.05, 3.63) is 54.1 Å². The van der Waals surface area contributed by atoms with Gasteiger partial charge in [0, 0.05) is 29.7 Å². The van der Waals surface area contributed by atoms with Crippen molar-refractivity contribution in [1.29, 1.82) is 0 Å². The number of rotatable bonds is 7. The van der Waals surface area contributed by atoms with E-state index in [1.807, 2.05) is 6.07 Å². The predicted octanol–water partition coefficient (Wildman–Crippen LogP) is 3.68. The van der Waals surface area contributed by atoms with Crippen molar-refractivity contribution in [2.75, 3.05) is 4.90 Å². The van der Waals surface area contributed by atoms with Crippen molar-refractivity contribution in [2.24, 2.45) is 0 Å². The summed E-state index contributed by atoms with van der Waals surface area (Å²) >= 11 is 5.04. The van der Waals surface area contributed by atoms with Crippen molar-refractivity contribution < 1.29 is 13.9 Å². The quantitative estimate of drug-likeness (QED) is 0.566. The molecule has 1 aliphatic rings. The van der Waals surface area contributed by atoms with E-state index in [9.17, 15) is 9.18 Å². The van der Waals surface area contributed by atoms with E-state index in [0.29, 0.717) is 5.69 Å². The van der Waals surface area contributed by atoms with Gasteiger partial charge in [-0.3, -0.25) is 4.98 Å². The molecule has 4 nitrogen and oxygen atoms in total. The first-order valence-corrected chi connectivity index (χ1v) is 8.18. The number of thiocarbonyl (C=S) groups is 1. The summed E-state index contributed by atoms with van der Waals surface area (Å²) in [6, 6.07) is 8.29. The van der Waals surface area contributed by atoms with Crippen LogP contribution in [0.5, 0.6) is 5.75 Å². The lowest BCUT2D eigenvalue weighted by Crippen LogP contribution is -2.54. The van der Waals surface area contributed by atoms with Gasteiger partial charge >= 0.3 is 0 Å². The molecule has 1 heterocycles. The standard InChI is InChI=1S/C18H17FN2O2S/c19-16-9-15(21(13-24)18(12-22)6-2-7-18)4-5-17(16)23-11-14-3-1-8-20-10-14/h1,3-5,8-10,12-13H,2,6-7,11H2. The number of hydrogen-bond donors (Lipinski definition) is 0. The minimum Gasteiger partial charge on any atom is -0.486 e. The van der Waals surface area contributed by atoms with Gasteiger partial charge in [-0.1, -0.05) is 18.3 Å². The Hall–Kier alpha value is -2.34. The second-order valence-corrected chi connectivity index (χ2v) is 6.03. The lowest BCUT2D eigenvalue weighted by Gasteiger charge is -2.45. The molecule has 6 heteroatoms. The Morgan fingerprint density at radius 1 is 1.38 bits per heavy atom. The normalized spacial score (nSPS) is 15.2. The number of pyridine rings is 1. The number of anilines is 1. The highest BCUT2D eigenvalue weighted by molar-refractivity contribution is 7.79. The average molecular weight is 344 g/mol. The molecule has 0 bridgehead atoms. The van der Waals surface area contributed by atoms with Gasteiger partial charge in [-0.25, -0.2) is 4.39 Å². The number of aromatic nitrogens is 1. The lowest BCUT2D eigenvalue weighted by molar-refractivity contribution is -0.114. The largest absolute Gasteiger partial charge is 0.486 e. The molecule has 0 N–H and O–H groups in total. The number of benzene rings is 1. The van der Waals surface area contributed by atoms with Crippen LogP contribution in [0, 0.1) is 5.82 Å². The van der Waals surface area contributed by atoms with Crippen LogP contribution in [0.25, 0.3) is 0 Å². The summed E-state index contributed by atoms with van der Waals surface area (Å²) in [5.41, 5.74) is 2.20. The molecule has 1 aromatic heterocycles. The summed E-state index contributed by atoms with van der Waals surface area (Å²) < 4.78 is 19.9. The first-order chi connectivity index (χ1) is 11.7. The van der Waals surface area contributed by atoms with E-state index in [1.54, 1.807) is 35.5 Å². The minimum absolute atomic E-state index is 0.153. The summed E-state index contributed by atoms with van der Waals surface area (Å²) in [5.74, 6) is -0.334. The molecular formula is C18H17FN2O2S. The predicted molar refractivity (Wildman–Crippen MR) is 93.7 cm³/mol. The molecule has 0 amide bonds. The zero-order chi connectivity index (χ0) is 17.0. The van der Waals surface area contributed by atoms with Crippen LogP contribution in [-0.4, -0.2) is 22.3 Å².